The number of rotatable bonds is 2. The summed E-state index contributed by atoms with van der Waals surface area (Å²) in [5.41, 5.74) is 8.01. The Kier molecular flexibility index (Phi) is 2.92. The van der Waals surface area contributed by atoms with Crippen molar-refractivity contribution in [3.05, 3.63) is 106 Å². The lowest BCUT2D eigenvalue weighted by Crippen LogP contribution is -2.29. The molecule has 0 radical (unpaired) electrons. The van der Waals surface area contributed by atoms with Gasteiger partial charge in [-0.2, -0.15) is 0 Å². The van der Waals surface area contributed by atoms with E-state index in [9.17, 15) is 13.6 Å². The number of halogens is 2. The first-order chi connectivity index (χ1) is 12.5. The smallest absolute Gasteiger partial charge is 0.248 e. The molecule has 3 aromatic carbocycles. The molecule has 0 fully saturated rings. The number of amides is 1. The number of carbonyl (C=O) groups excluding carboxylic acids is 1. The molecule has 0 aliphatic carbocycles. The monoisotopic (exact) mass is 349 g/mol. The molecular weight excluding hydrogens is 336 g/mol. The van der Waals surface area contributed by atoms with Crippen molar-refractivity contribution in [2.75, 3.05) is 0 Å². The molecule has 0 saturated carbocycles. The molecule has 1 amide bonds. The molecule has 2 unspecified atom stereocenters. The Hall–Kier alpha value is -3.05. The fourth-order valence-electron chi connectivity index (χ4n) is 4.16. The van der Waals surface area contributed by atoms with E-state index in [-0.39, 0.29) is 11.7 Å². The molecule has 0 spiro atoms. The summed E-state index contributed by atoms with van der Waals surface area (Å²) in [6.07, 6.45) is -0.368. The van der Waals surface area contributed by atoms with Gasteiger partial charge >= 0.3 is 0 Å². The molecule has 5 heteroatoms. The second-order valence-corrected chi connectivity index (χ2v) is 6.56. The Morgan fingerprint density at radius 1 is 0.923 bits per heavy atom. The Bertz CT molecular complexity index is 1100. The van der Waals surface area contributed by atoms with Gasteiger partial charge in [0, 0.05) is 17.2 Å². The summed E-state index contributed by atoms with van der Waals surface area (Å²) in [5, 5.41) is 0. The molecular formula is C21H13F2NO2. The Labute approximate surface area is 148 Å². The maximum Gasteiger partial charge on any atom is 0.248 e. The first kappa shape index (κ1) is 15.2. The summed E-state index contributed by atoms with van der Waals surface area (Å²) >= 11 is 0. The van der Waals surface area contributed by atoms with Crippen molar-refractivity contribution in [3.63, 3.8) is 0 Å². The second-order valence-electron chi connectivity index (χ2n) is 6.56. The average Bonchev–Trinajstić information content (AvgIpc) is 3.14. The molecule has 3 aromatic rings. The average molecular weight is 349 g/mol. The van der Waals surface area contributed by atoms with Gasteiger partial charge in [0.25, 0.3) is 0 Å². The van der Waals surface area contributed by atoms with Crippen LogP contribution >= 0.6 is 0 Å². The van der Waals surface area contributed by atoms with Crippen LogP contribution in [0.5, 0.6) is 0 Å². The van der Waals surface area contributed by atoms with Crippen LogP contribution in [-0.4, -0.2) is 5.91 Å². The predicted octanol–water partition coefficient (Wildman–Crippen LogP) is 3.79. The quantitative estimate of drug-likeness (QED) is 0.765. The molecule has 2 atom stereocenters. The van der Waals surface area contributed by atoms with E-state index in [1.54, 1.807) is 18.2 Å². The van der Waals surface area contributed by atoms with E-state index in [4.69, 9.17) is 10.5 Å². The Morgan fingerprint density at radius 2 is 1.69 bits per heavy atom. The third-order valence-electron chi connectivity index (χ3n) is 5.23. The minimum atomic E-state index is -1.22. The maximum absolute atomic E-state index is 14.8. The van der Waals surface area contributed by atoms with Crippen molar-refractivity contribution in [2.45, 2.75) is 11.7 Å². The van der Waals surface area contributed by atoms with Crippen LogP contribution < -0.4 is 5.73 Å². The summed E-state index contributed by atoms with van der Waals surface area (Å²) in [6.45, 7) is 0. The van der Waals surface area contributed by atoms with Gasteiger partial charge in [-0.3, -0.25) is 4.79 Å². The van der Waals surface area contributed by atoms with Gasteiger partial charge in [0.15, 0.2) is 0 Å². The number of nitrogens with two attached hydrogens (primary N) is 1. The summed E-state index contributed by atoms with van der Waals surface area (Å²) in [7, 11) is 0. The van der Waals surface area contributed by atoms with Crippen molar-refractivity contribution >= 4 is 5.91 Å². The van der Waals surface area contributed by atoms with Crippen LogP contribution in [0.2, 0.25) is 0 Å². The van der Waals surface area contributed by atoms with E-state index in [0.29, 0.717) is 11.1 Å². The maximum atomic E-state index is 14.8. The summed E-state index contributed by atoms with van der Waals surface area (Å²) in [5.74, 6) is -1.93. The topological polar surface area (TPSA) is 52.3 Å². The first-order valence-electron chi connectivity index (χ1n) is 8.19. The summed E-state index contributed by atoms with van der Waals surface area (Å²) in [6, 6.07) is 16.1. The van der Waals surface area contributed by atoms with Crippen LogP contribution in [0.3, 0.4) is 0 Å². The van der Waals surface area contributed by atoms with Crippen LogP contribution in [-0.2, 0) is 10.3 Å². The number of fused-ring (bicyclic) bond motifs is 8. The van der Waals surface area contributed by atoms with Crippen molar-refractivity contribution < 1.29 is 18.3 Å². The molecule has 2 heterocycles. The standard InChI is InChI=1S/C21H13F2NO2/c22-12-6-8-16(18(23)10-12)21-15-4-2-1-3-13(15)19(26-21)14-7-5-11(20(24)25)9-17(14)21/h1-10,19H,(H2,24,25). The summed E-state index contributed by atoms with van der Waals surface area (Å²) in [4.78, 5) is 11.7. The number of carbonyl (C=O) groups is 1. The zero-order chi connectivity index (χ0) is 18.1. The highest BCUT2D eigenvalue weighted by atomic mass is 19.1. The highest BCUT2D eigenvalue weighted by molar-refractivity contribution is 5.93. The number of primary amides is 1. The molecule has 26 heavy (non-hydrogen) atoms. The molecule has 0 aromatic heterocycles. The van der Waals surface area contributed by atoms with Gasteiger partial charge in [0.1, 0.15) is 23.3 Å². The van der Waals surface area contributed by atoms with Crippen molar-refractivity contribution in [3.8, 4) is 0 Å². The Balaban J connectivity index is 1.87. The number of benzene rings is 3. The number of hydrogen-bond donors (Lipinski definition) is 1. The van der Waals surface area contributed by atoms with Gasteiger partial charge in [-0.1, -0.05) is 30.3 Å². The van der Waals surface area contributed by atoms with E-state index in [2.05, 4.69) is 0 Å². The molecule has 5 rings (SSSR count). The first-order valence-corrected chi connectivity index (χ1v) is 8.19. The SMILES string of the molecule is NC(=O)c1ccc2c(c1)C1(c3ccc(F)cc3F)OC2c2ccccc21. The molecule has 2 bridgehead atoms. The lowest BCUT2D eigenvalue weighted by atomic mass is 9.73. The Morgan fingerprint density at radius 3 is 2.46 bits per heavy atom. The van der Waals surface area contributed by atoms with Gasteiger partial charge < -0.3 is 10.5 Å². The van der Waals surface area contributed by atoms with Gasteiger partial charge in [0.05, 0.1) is 0 Å². The molecule has 3 nitrogen and oxygen atoms in total. The molecule has 2 aliphatic heterocycles. The zero-order valence-corrected chi connectivity index (χ0v) is 13.5. The highest BCUT2D eigenvalue weighted by Crippen LogP contribution is 2.61. The molecule has 2 N–H and O–H groups in total. The lowest BCUT2D eigenvalue weighted by Gasteiger charge is -2.30. The highest BCUT2D eigenvalue weighted by Gasteiger charge is 2.56. The largest absolute Gasteiger partial charge is 0.366 e. The van der Waals surface area contributed by atoms with Crippen molar-refractivity contribution in [2.24, 2.45) is 5.73 Å². The minimum Gasteiger partial charge on any atom is -0.366 e. The van der Waals surface area contributed by atoms with Crippen LogP contribution in [0.4, 0.5) is 8.78 Å². The summed E-state index contributed by atoms with van der Waals surface area (Å²) < 4.78 is 34.6. The van der Waals surface area contributed by atoms with Crippen LogP contribution in [0.25, 0.3) is 0 Å². The van der Waals surface area contributed by atoms with E-state index >= 15 is 0 Å². The van der Waals surface area contributed by atoms with Gasteiger partial charge in [-0.05, 0) is 46.5 Å². The fourth-order valence-corrected chi connectivity index (χ4v) is 4.16. The van der Waals surface area contributed by atoms with Gasteiger partial charge in [-0.25, -0.2) is 8.78 Å². The van der Waals surface area contributed by atoms with Gasteiger partial charge in [-0.15, -0.1) is 0 Å². The second kappa shape index (κ2) is 4.99. The molecule has 2 aliphatic rings. The van der Waals surface area contributed by atoms with Crippen LogP contribution in [0.15, 0.2) is 60.7 Å². The third-order valence-corrected chi connectivity index (χ3v) is 5.23. The minimum absolute atomic E-state index is 0.217. The molecule has 128 valence electrons. The fraction of sp³-hybridized carbons (Fsp3) is 0.0952. The zero-order valence-electron chi connectivity index (χ0n) is 13.5. The van der Waals surface area contributed by atoms with Crippen LogP contribution in [0.1, 0.15) is 44.3 Å². The van der Waals surface area contributed by atoms with Crippen molar-refractivity contribution in [1.82, 2.24) is 0 Å². The normalized spacial score (nSPS) is 22.2. The predicted molar refractivity (Wildman–Crippen MR) is 90.6 cm³/mol. The lowest BCUT2D eigenvalue weighted by molar-refractivity contribution is 0.0224. The van der Waals surface area contributed by atoms with Crippen LogP contribution in [0, 0.1) is 11.6 Å². The van der Waals surface area contributed by atoms with E-state index < -0.39 is 23.1 Å². The molecule has 0 saturated heterocycles. The van der Waals surface area contributed by atoms with E-state index in [0.717, 1.165) is 22.8 Å². The van der Waals surface area contributed by atoms with E-state index in [1.807, 2.05) is 24.3 Å². The van der Waals surface area contributed by atoms with Crippen molar-refractivity contribution in [1.29, 1.82) is 0 Å². The number of ether oxygens (including phenoxy) is 1. The van der Waals surface area contributed by atoms with E-state index in [1.165, 1.54) is 12.1 Å². The number of hydrogen-bond acceptors (Lipinski definition) is 2. The third kappa shape index (κ3) is 1.75. The van der Waals surface area contributed by atoms with Gasteiger partial charge in [0.2, 0.25) is 5.91 Å².